The van der Waals surface area contributed by atoms with E-state index < -0.39 is 5.97 Å². The van der Waals surface area contributed by atoms with Gasteiger partial charge in [-0.2, -0.15) is 0 Å². The van der Waals surface area contributed by atoms with Gasteiger partial charge in [-0.05, 0) is 12.3 Å². The van der Waals surface area contributed by atoms with Gasteiger partial charge in [0.25, 0.3) is 0 Å². The molecule has 2 heteroatoms. The van der Waals surface area contributed by atoms with Gasteiger partial charge in [0.15, 0.2) is 0 Å². The lowest BCUT2D eigenvalue weighted by atomic mass is 9.96. The van der Waals surface area contributed by atoms with Crippen molar-refractivity contribution < 1.29 is 9.90 Å². The molecule has 0 spiro atoms. The molecule has 0 fully saturated rings. The molecule has 0 amide bonds. The Labute approximate surface area is 145 Å². The fourth-order valence-corrected chi connectivity index (χ4v) is 3.25. The Morgan fingerprint density at radius 1 is 0.696 bits per heavy atom. The SMILES string of the molecule is CCCCCCCCCCCCCCC(C)CCCCC(=O)O. The van der Waals surface area contributed by atoms with Crippen molar-refractivity contribution in [2.45, 2.75) is 123 Å². The van der Waals surface area contributed by atoms with E-state index in [9.17, 15) is 4.79 Å². The molecule has 0 aliphatic carbocycles. The van der Waals surface area contributed by atoms with Gasteiger partial charge >= 0.3 is 5.97 Å². The highest BCUT2D eigenvalue weighted by Crippen LogP contribution is 2.18. The van der Waals surface area contributed by atoms with Crippen LogP contribution < -0.4 is 0 Å². The topological polar surface area (TPSA) is 37.3 Å². The lowest BCUT2D eigenvalue weighted by molar-refractivity contribution is -0.137. The average Bonchev–Trinajstić information content (AvgIpc) is 2.52. The van der Waals surface area contributed by atoms with Crippen molar-refractivity contribution >= 4 is 5.97 Å². The molecule has 0 rings (SSSR count). The van der Waals surface area contributed by atoms with Crippen LogP contribution in [0.2, 0.25) is 0 Å². The van der Waals surface area contributed by atoms with Crippen LogP contribution in [0.5, 0.6) is 0 Å². The smallest absolute Gasteiger partial charge is 0.303 e. The predicted molar refractivity (Wildman–Crippen MR) is 101 cm³/mol. The summed E-state index contributed by atoms with van der Waals surface area (Å²) in [5.74, 6) is 0.116. The molecule has 0 heterocycles. The van der Waals surface area contributed by atoms with Crippen LogP contribution in [0.4, 0.5) is 0 Å². The first-order valence-electron chi connectivity index (χ1n) is 10.4. The van der Waals surface area contributed by atoms with Gasteiger partial charge in [-0.1, -0.05) is 110 Å². The fraction of sp³-hybridized carbons (Fsp3) is 0.952. The van der Waals surface area contributed by atoms with Crippen molar-refractivity contribution in [3.05, 3.63) is 0 Å². The Kier molecular flexibility index (Phi) is 17.4. The zero-order chi connectivity index (χ0) is 17.2. The predicted octanol–water partition coefficient (Wildman–Crippen LogP) is 7.36. The number of carbonyl (C=O) groups is 1. The monoisotopic (exact) mass is 326 g/mol. The van der Waals surface area contributed by atoms with Gasteiger partial charge in [0.05, 0.1) is 0 Å². The highest BCUT2D eigenvalue weighted by Gasteiger charge is 2.03. The molecule has 138 valence electrons. The molecule has 0 bridgehead atoms. The van der Waals surface area contributed by atoms with Crippen molar-refractivity contribution in [1.82, 2.24) is 0 Å². The third-order valence-electron chi connectivity index (χ3n) is 4.89. The van der Waals surface area contributed by atoms with E-state index in [2.05, 4.69) is 13.8 Å². The number of aliphatic carboxylic acids is 1. The second-order valence-corrected chi connectivity index (χ2v) is 7.42. The standard InChI is InChI=1S/C21H42O2/c1-3-4-5-6-7-8-9-10-11-12-13-14-17-20(2)18-15-16-19-21(22)23/h20H,3-19H2,1-2H3,(H,22,23). The number of hydrogen-bond acceptors (Lipinski definition) is 1. The number of rotatable bonds is 18. The Morgan fingerprint density at radius 3 is 1.52 bits per heavy atom. The lowest BCUT2D eigenvalue weighted by Gasteiger charge is -2.10. The minimum Gasteiger partial charge on any atom is -0.481 e. The first-order chi connectivity index (χ1) is 11.2. The maximum absolute atomic E-state index is 10.4. The summed E-state index contributed by atoms with van der Waals surface area (Å²) in [6.07, 6.45) is 21.7. The number of hydrogen-bond donors (Lipinski definition) is 1. The molecule has 0 aliphatic heterocycles. The Balaban J connectivity index is 3.13. The van der Waals surface area contributed by atoms with Gasteiger partial charge in [0.2, 0.25) is 0 Å². The largest absolute Gasteiger partial charge is 0.481 e. The van der Waals surface area contributed by atoms with E-state index in [1.807, 2.05) is 0 Å². The molecule has 23 heavy (non-hydrogen) atoms. The molecule has 0 radical (unpaired) electrons. The molecular weight excluding hydrogens is 284 g/mol. The summed E-state index contributed by atoms with van der Waals surface area (Å²) in [7, 11) is 0. The van der Waals surface area contributed by atoms with Crippen molar-refractivity contribution in [2.75, 3.05) is 0 Å². The summed E-state index contributed by atoms with van der Waals surface area (Å²) in [6, 6.07) is 0. The first kappa shape index (κ1) is 22.5. The van der Waals surface area contributed by atoms with Crippen LogP contribution >= 0.6 is 0 Å². The number of unbranched alkanes of at least 4 members (excludes halogenated alkanes) is 12. The van der Waals surface area contributed by atoms with Gasteiger partial charge in [-0.3, -0.25) is 4.79 Å². The third kappa shape index (κ3) is 19.4. The van der Waals surface area contributed by atoms with Gasteiger partial charge in [-0.25, -0.2) is 0 Å². The quantitative estimate of drug-likeness (QED) is 0.267. The zero-order valence-electron chi connectivity index (χ0n) is 16.0. The minimum absolute atomic E-state index is 0.339. The van der Waals surface area contributed by atoms with E-state index in [1.54, 1.807) is 0 Å². The van der Waals surface area contributed by atoms with Gasteiger partial charge in [0, 0.05) is 6.42 Å². The van der Waals surface area contributed by atoms with Crippen molar-refractivity contribution in [1.29, 1.82) is 0 Å². The van der Waals surface area contributed by atoms with Crippen LogP contribution in [0.15, 0.2) is 0 Å². The van der Waals surface area contributed by atoms with E-state index in [0.29, 0.717) is 6.42 Å². The number of carboxylic acid groups (broad SMARTS) is 1. The average molecular weight is 327 g/mol. The zero-order valence-corrected chi connectivity index (χ0v) is 16.0. The van der Waals surface area contributed by atoms with E-state index >= 15 is 0 Å². The van der Waals surface area contributed by atoms with Crippen LogP contribution in [0.3, 0.4) is 0 Å². The normalized spacial score (nSPS) is 12.4. The maximum atomic E-state index is 10.4. The molecule has 0 aromatic carbocycles. The summed E-state index contributed by atoms with van der Waals surface area (Å²) in [5.41, 5.74) is 0. The molecule has 0 aromatic rings. The second kappa shape index (κ2) is 17.8. The van der Waals surface area contributed by atoms with Crippen LogP contribution in [0.1, 0.15) is 123 Å². The van der Waals surface area contributed by atoms with Gasteiger partial charge in [0.1, 0.15) is 0 Å². The molecule has 0 aromatic heterocycles. The summed E-state index contributed by atoms with van der Waals surface area (Å²) in [6.45, 7) is 4.60. The number of carboxylic acids is 1. The van der Waals surface area contributed by atoms with Crippen LogP contribution in [-0.2, 0) is 4.79 Å². The molecular formula is C21H42O2. The van der Waals surface area contributed by atoms with Crippen molar-refractivity contribution in [2.24, 2.45) is 5.92 Å². The summed E-state index contributed by atoms with van der Waals surface area (Å²) >= 11 is 0. The summed E-state index contributed by atoms with van der Waals surface area (Å²) in [4.78, 5) is 10.4. The van der Waals surface area contributed by atoms with Crippen molar-refractivity contribution in [3.63, 3.8) is 0 Å². The Bertz CT molecular complexity index is 250. The Hall–Kier alpha value is -0.530. The minimum atomic E-state index is -0.654. The van der Waals surface area contributed by atoms with Crippen molar-refractivity contribution in [3.8, 4) is 0 Å². The fourth-order valence-electron chi connectivity index (χ4n) is 3.25. The molecule has 1 N–H and O–H groups in total. The lowest BCUT2D eigenvalue weighted by Crippen LogP contribution is -1.98. The maximum Gasteiger partial charge on any atom is 0.303 e. The second-order valence-electron chi connectivity index (χ2n) is 7.42. The van der Waals surface area contributed by atoms with E-state index in [4.69, 9.17) is 5.11 Å². The first-order valence-corrected chi connectivity index (χ1v) is 10.4. The van der Waals surface area contributed by atoms with E-state index in [1.165, 1.54) is 89.9 Å². The molecule has 0 aliphatic rings. The van der Waals surface area contributed by atoms with Crippen LogP contribution in [0.25, 0.3) is 0 Å². The molecule has 0 saturated heterocycles. The van der Waals surface area contributed by atoms with Gasteiger partial charge < -0.3 is 5.11 Å². The Morgan fingerprint density at radius 2 is 1.09 bits per heavy atom. The van der Waals surface area contributed by atoms with E-state index in [-0.39, 0.29) is 0 Å². The van der Waals surface area contributed by atoms with Crippen LogP contribution in [-0.4, -0.2) is 11.1 Å². The van der Waals surface area contributed by atoms with Crippen LogP contribution in [0, 0.1) is 5.92 Å². The highest BCUT2D eigenvalue weighted by atomic mass is 16.4. The summed E-state index contributed by atoms with van der Waals surface area (Å²) in [5, 5.41) is 8.60. The van der Waals surface area contributed by atoms with Gasteiger partial charge in [-0.15, -0.1) is 0 Å². The third-order valence-corrected chi connectivity index (χ3v) is 4.89. The molecule has 1 atom stereocenters. The molecule has 2 nitrogen and oxygen atoms in total. The molecule has 1 unspecified atom stereocenters. The van der Waals surface area contributed by atoms with E-state index in [0.717, 1.165) is 18.8 Å². The highest BCUT2D eigenvalue weighted by molar-refractivity contribution is 5.66. The summed E-state index contributed by atoms with van der Waals surface area (Å²) < 4.78 is 0. The molecule has 0 saturated carbocycles.